The lowest BCUT2D eigenvalue weighted by molar-refractivity contribution is -0.154. The van der Waals surface area contributed by atoms with Crippen molar-refractivity contribution in [3.8, 4) is 5.75 Å². The molecule has 1 aromatic heterocycles. The van der Waals surface area contributed by atoms with Gasteiger partial charge in [0.2, 0.25) is 5.95 Å². The number of aromatic nitrogens is 2. The van der Waals surface area contributed by atoms with Crippen LogP contribution >= 0.6 is 0 Å². The van der Waals surface area contributed by atoms with Gasteiger partial charge in [0.15, 0.2) is 5.75 Å². The molecule has 2 rings (SSSR count). The van der Waals surface area contributed by atoms with Crippen molar-refractivity contribution in [3.05, 3.63) is 24.3 Å². The van der Waals surface area contributed by atoms with E-state index in [0.717, 1.165) is 0 Å². The number of nitrogens with zero attached hydrogens (tertiary/aromatic N) is 4. The van der Waals surface area contributed by atoms with Crippen molar-refractivity contribution in [2.24, 2.45) is 0 Å². The fourth-order valence-corrected chi connectivity index (χ4v) is 2.35. The summed E-state index contributed by atoms with van der Waals surface area (Å²) in [7, 11) is 1.71. The van der Waals surface area contributed by atoms with Crippen molar-refractivity contribution in [3.63, 3.8) is 0 Å². The van der Waals surface area contributed by atoms with E-state index in [1.54, 1.807) is 32.7 Å². The van der Waals surface area contributed by atoms with Crippen molar-refractivity contribution < 1.29 is 23.5 Å². The number of ether oxygens (including phenoxy) is 2. The van der Waals surface area contributed by atoms with E-state index in [9.17, 15) is 14.0 Å². The number of hydrogen-bond acceptors (Lipinski definition) is 6. The summed E-state index contributed by atoms with van der Waals surface area (Å²) in [6, 6.07) is -0.159. The monoisotopic (exact) mass is 380 g/mol. The summed E-state index contributed by atoms with van der Waals surface area (Å²) < 4.78 is 23.7. The normalized spacial score (nSPS) is 15.3. The molecule has 9 heteroatoms. The molecular formula is C18H25FN4O4. The van der Waals surface area contributed by atoms with E-state index in [1.807, 2.05) is 0 Å². The van der Waals surface area contributed by atoms with Crippen LogP contribution in [0.2, 0.25) is 0 Å². The maximum Gasteiger partial charge on any atom is 0.326 e. The van der Waals surface area contributed by atoms with Gasteiger partial charge in [0.05, 0.1) is 18.7 Å². The molecule has 27 heavy (non-hydrogen) atoms. The molecule has 8 nitrogen and oxygen atoms in total. The smallest absolute Gasteiger partial charge is 0.326 e. The number of anilines is 1. The van der Waals surface area contributed by atoms with Crippen molar-refractivity contribution in [1.82, 2.24) is 14.9 Å². The highest BCUT2D eigenvalue weighted by molar-refractivity contribution is 5.92. The van der Waals surface area contributed by atoms with Crippen LogP contribution in [0.15, 0.2) is 24.3 Å². The summed E-state index contributed by atoms with van der Waals surface area (Å²) in [5, 5.41) is 0. The molecule has 0 radical (unpaired) electrons. The van der Waals surface area contributed by atoms with E-state index in [4.69, 9.17) is 9.47 Å². The molecule has 0 aliphatic carbocycles. The van der Waals surface area contributed by atoms with Gasteiger partial charge in [0.25, 0.3) is 0 Å². The molecule has 0 N–H and O–H groups in total. The van der Waals surface area contributed by atoms with Crippen molar-refractivity contribution in [2.75, 3.05) is 31.6 Å². The lowest BCUT2D eigenvalue weighted by atomic mass is 10.1. The zero-order chi connectivity index (χ0) is 20.0. The van der Waals surface area contributed by atoms with Crippen LogP contribution in [0.4, 0.5) is 15.1 Å². The predicted octanol–water partition coefficient (Wildman–Crippen LogP) is 2.70. The average Bonchev–Trinajstić information content (AvgIpc) is 2.93. The van der Waals surface area contributed by atoms with Crippen LogP contribution in [0.1, 0.15) is 33.6 Å². The van der Waals surface area contributed by atoms with E-state index in [2.05, 4.69) is 9.97 Å². The quantitative estimate of drug-likeness (QED) is 0.676. The molecule has 2 amide bonds. The Morgan fingerprint density at radius 1 is 1.26 bits per heavy atom. The van der Waals surface area contributed by atoms with Gasteiger partial charge in [0, 0.05) is 26.6 Å². The summed E-state index contributed by atoms with van der Waals surface area (Å²) in [6.07, 6.45) is 3.54. The Bertz CT molecular complexity index is 700. The van der Waals surface area contributed by atoms with Crippen LogP contribution in [-0.4, -0.2) is 59.2 Å². The molecule has 0 bridgehead atoms. The first-order valence-electron chi connectivity index (χ1n) is 8.67. The average molecular weight is 380 g/mol. The van der Waals surface area contributed by atoms with Crippen LogP contribution in [0.25, 0.3) is 0 Å². The van der Waals surface area contributed by atoms with Crippen LogP contribution in [0, 0.1) is 0 Å². The third-order valence-electron chi connectivity index (χ3n) is 3.72. The number of urea groups is 1. The second-order valence-electron chi connectivity index (χ2n) is 7.22. The Hall–Kier alpha value is -2.71. The minimum Gasteiger partial charge on any atom is -0.486 e. The molecular weight excluding hydrogens is 355 g/mol. The van der Waals surface area contributed by atoms with Crippen molar-refractivity contribution in [2.45, 2.75) is 39.2 Å². The number of esters is 1. The molecule has 0 saturated carbocycles. The summed E-state index contributed by atoms with van der Waals surface area (Å²) in [5.74, 6) is 0.244. The van der Waals surface area contributed by atoms with Crippen molar-refractivity contribution >= 4 is 17.9 Å². The highest BCUT2D eigenvalue weighted by Crippen LogP contribution is 2.18. The Morgan fingerprint density at radius 2 is 1.93 bits per heavy atom. The van der Waals surface area contributed by atoms with E-state index < -0.39 is 11.6 Å². The molecule has 0 unspecified atom stereocenters. The summed E-state index contributed by atoms with van der Waals surface area (Å²) in [4.78, 5) is 34.9. The first-order chi connectivity index (χ1) is 12.7. The maximum absolute atomic E-state index is 13.0. The maximum atomic E-state index is 13.0. The molecule has 2 heterocycles. The number of carbonyl (C=O) groups is 2. The van der Waals surface area contributed by atoms with Gasteiger partial charge in [-0.15, -0.1) is 0 Å². The summed E-state index contributed by atoms with van der Waals surface area (Å²) in [5.41, 5.74) is -0.251. The Labute approximate surface area is 158 Å². The molecule has 0 atom stereocenters. The fraction of sp³-hybridized carbons (Fsp3) is 0.556. The number of carbonyl (C=O) groups excluding carboxylic acids is 2. The van der Waals surface area contributed by atoms with Gasteiger partial charge < -0.3 is 14.4 Å². The highest BCUT2D eigenvalue weighted by Gasteiger charge is 2.28. The topological polar surface area (TPSA) is 84.9 Å². The Kier molecular flexibility index (Phi) is 6.70. The molecule has 1 fully saturated rings. The minimum atomic E-state index is -0.572. The largest absolute Gasteiger partial charge is 0.486 e. The molecule has 0 aromatic carbocycles. The third-order valence-corrected chi connectivity index (χ3v) is 3.72. The van der Waals surface area contributed by atoms with E-state index in [1.165, 1.54) is 17.3 Å². The number of hydrogen-bond donors (Lipinski definition) is 0. The molecule has 1 aliphatic heterocycles. The highest BCUT2D eigenvalue weighted by atomic mass is 19.1. The predicted molar refractivity (Wildman–Crippen MR) is 97.2 cm³/mol. The zero-order valence-corrected chi connectivity index (χ0v) is 16.1. The van der Waals surface area contributed by atoms with Gasteiger partial charge in [-0.25, -0.2) is 19.2 Å². The second kappa shape index (κ2) is 8.79. The van der Waals surface area contributed by atoms with Gasteiger partial charge in [-0.1, -0.05) is 0 Å². The minimum absolute atomic E-state index is 0.0343. The number of rotatable bonds is 7. The Balaban J connectivity index is 1.82. The fourth-order valence-electron chi connectivity index (χ4n) is 2.35. The van der Waals surface area contributed by atoms with E-state index in [-0.39, 0.29) is 25.5 Å². The first-order valence-corrected chi connectivity index (χ1v) is 8.67. The molecule has 0 spiro atoms. The Morgan fingerprint density at radius 3 is 2.44 bits per heavy atom. The van der Waals surface area contributed by atoms with Gasteiger partial charge in [0.1, 0.15) is 12.2 Å². The lowest BCUT2D eigenvalue weighted by Crippen LogP contribution is -2.30. The van der Waals surface area contributed by atoms with Gasteiger partial charge in [-0.2, -0.15) is 0 Å². The second-order valence-corrected chi connectivity index (χ2v) is 7.22. The van der Waals surface area contributed by atoms with Gasteiger partial charge in [-0.05, 0) is 32.8 Å². The lowest BCUT2D eigenvalue weighted by Gasteiger charge is -2.19. The van der Waals surface area contributed by atoms with E-state index >= 15 is 0 Å². The summed E-state index contributed by atoms with van der Waals surface area (Å²) in [6.45, 7) is 6.43. The third kappa shape index (κ3) is 6.19. The van der Waals surface area contributed by atoms with Crippen LogP contribution in [0.3, 0.4) is 0 Å². The number of amides is 2. The molecule has 1 aliphatic rings. The zero-order valence-electron chi connectivity index (χ0n) is 16.1. The van der Waals surface area contributed by atoms with Crippen LogP contribution in [-0.2, 0) is 9.53 Å². The molecule has 1 saturated heterocycles. The van der Waals surface area contributed by atoms with Crippen LogP contribution < -0.4 is 9.64 Å². The van der Waals surface area contributed by atoms with Crippen molar-refractivity contribution in [1.29, 1.82) is 0 Å². The summed E-state index contributed by atoms with van der Waals surface area (Å²) >= 11 is 0. The molecule has 148 valence electrons. The SMILES string of the molecule is CN1CCN(c2ncc(OC/C(=C/F)CCC(=O)OC(C)(C)C)cn2)C1=O. The van der Waals surface area contributed by atoms with E-state index in [0.29, 0.717) is 36.7 Å². The number of likely N-dealkylation sites (N-methyl/N-ethyl adjacent to an activating group) is 1. The first kappa shape index (κ1) is 20.6. The van der Waals surface area contributed by atoms with Gasteiger partial charge >= 0.3 is 12.0 Å². The van der Waals surface area contributed by atoms with Crippen LogP contribution in [0.5, 0.6) is 5.75 Å². The van der Waals surface area contributed by atoms with Gasteiger partial charge in [-0.3, -0.25) is 9.69 Å². The number of halogens is 1. The molecule has 1 aromatic rings. The standard InChI is InChI=1S/C18H25FN4O4/c1-18(2,3)27-15(24)6-5-13(9-19)12-26-14-10-20-16(21-11-14)23-8-7-22(4)17(23)25/h9-11H,5-8,12H2,1-4H3/b13-9+.